The Bertz CT molecular complexity index is 839. The van der Waals surface area contributed by atoms with E-state index in [1.54, 1.807) is 30.3 Å². The summed E-state index contributed by atoms with van der Waals surface area (Å²) in [6.45, 7) is 3.74. The van der Waals surface area contributed by atoms with Crippen LogP contribution in [0.5, 0.6) is 0 Å². The van der Waals surface area contributed by atoms with Crippen LogP contribution in [0.4, 0.5) is 5.69 Å². The lowest BCUT2D eigenvalue weighted by Crippen LogP contribution is -2.11. The van der Waals surface area contributed by atoms with Gasteiger partial charge in [-0.15, -0.1) is 0 Å². The second-order valence-electron chi connectivity index (χ2n) is 4.81. The summed E-state index contributed by atoms with van der Waals surface area (Å²) in [5.41, 5.74) is 3.62. The van der Waals surface area contributed by atoms with E-state index in [0.29, 0.717) is 21.8 Å². The van der Waals surface area contributed by atoms with Crippen molar-refractivity contribution in [2.24, 2.45) is 0 Å². The van der Waals surface area contributed by atoms with E-state index in [1.807, 2.05) is 19.9 Å². The summed E-state index contributed by atoms with van der Waals surface area (Å²) in [5.74, 6) is -0.0986. The number of halogens is 1. The lowest BCUT2D eigenvalue weighted by atomic mass is 10.2. The maximum atomic E-state index is 12.3. The second kappa shape index (κ2) is 5.22. The average Bonchev–Trinajstić information content (AvgIpc) is 2.87. The lowest BCUT2D eigenvalue weighted by molar-refractivity contribution is 0.0998. The Morgan fingerprint density at radius 3 is 2.86 bits per heavy atom. The number of nitrogens with zero attached hydrogens (tertiary/aromatic N) is 1. The smallest absolute Gasteiger partial charge is 0.291 e. The van der Waals surface area contributed by atoms with Crippen LogP contribution >= 0.6 is 11.6 Å². The number of benzene rings is 1. The number of nitrogens with one attached hydrogen (secondary N) is 1. The van der Waals surface area contributed by atoms with E-state index in [4.69, 9.17) is 16.0 Å². The Morgan fingerprint density at radius 1 is 1.24 bits per heavy atom. The van der Waals surface area contributed by atoms with E-state index >= 15 is 0 Å². The average molecular weight is 301 g/mol. The summed E-state index contributed by atoms with van der Waals surface area (Å²) in [5, 5.41) is 3.40. The van der Waals surface area contributed by atoms with Gasteiger partial charge in [0, 0.05) is 22.5 Å². The number of rotatable bonds is 2. The van der Waals surface area contributed by atoms with Gasteiger partial charge in [0.05, 0.1) is 0 Å². The molecule has 0 aliphatic rings. The summed E-state index contributed by atoms with van der Waals surface area (Å²) in [7, 11) is 0. The molecule has 106 valence electrons. The Morgan fingerprint density at radius 2 is 2.05 bits per heavy atom. The van der Waals surface area contributed by atoms with Gasteiger partial charge < -0.3 is 9.73 Å². The van der Waals surface area contributed by atoms with Crippen molar-refractivity contribution in [2.45, 2.75) is 13.8 Å². The second-order valence-corrected chi connectivity index (χ2v) is 5.22. The molecule has 1 N–H and O–H groups in total. The van der Waals surface area contributed by atoms with Gasteiger partial charge in [0.15, 0.2) is 11.3 Å². The van der Waals surface area contributed by atoms with Gasteiger partial charge >= 0.3 is 0 Å². The number of aromatic nitrogens is 1. The van der Waals surface area contributed by atoms with E-state index in [2.05, 4.69) is 10.3 Å². The van der Waals surface area contributed by atoms with E-state index in [0.717, 1.165) is 11.3 Å². The molecular formula is C16H13ClN2O2. The van der Waals surface area contributed by atoms with Gasteiger partial charge in [-0.3, -0.25) is 4.79 Å². The highest BCUT2D eigenvalue weighted by atomic mass is 35.5. The van der Waals surface area contributed by atoms with Crippen LogP contribution in [-0.2, 0) is 0 Å². The molecule has 0 fully saturated rings. The molecule has 2 heterocycles. The largest absolute Gasteiger partial charge is 0.449 e. The molecule has 0 aliphatic heterocycles. The zero-order valence-corrected chi connectivity index (χ0v) is 12.4. The Balaban J connectivity index is 1.91. The minimum Gasteiger partial charge on any atom is -0.449 e. The minimum atomic E-state index is -0.323. The fraction of sp³-hybridized carbons (Fsp3) is 0.125. The van der Waals surface area contributed by atoms with Crippen molar-refractivity contribution >= 4 is 34.3 Å². The number of anilines is 1. The maximum absolute atomic E-state index is 12.3. The van der Waals surface area contributed by atoms with Crippen molar-refractivity contribution in [2.75, 3.05) is 5.32 Å². The molecule has 1 aromatic carbocycles. The first-order valence-corrected chi connectivity index (χ1v) is 6.86. The zero-order chi connectivity index (χ0) is 15.0. The van der Waals surface area contributed by atoms with Crippen LogP contribution in [-0.4, -0.2) is 10.9 Å². The van der Waals surface area contributed by atoms with Gasteiger partial charge in [-0.1, -0.05) is 17.7 Å². The van der Waals surface area contributed by atoms with Crippen molar-refractivity contribution in [3.63, 3.8) is 0 Å². The van der Waals surface area contributed by atoms with E-state index in [-0.39, 0.29) is 11.7 Å². The molecule has 2 aromatic heterocycles. The summed E-state index contributed by atoms with van der Waals surface area (Å²) in [4.78, 5) is 16.6. The molecule has 0 radical (unpaired) electrons. The number of hydrogen-bond acceptors (Lipinski definition) is 3. The predicted molar refractivity (Wildman–Crippen MR) is 82.9 cm³/mol. The first-order valence-electron chi connectivity index (χ1n) is 6.48. The number of carbonyl (C=O) groups excluding carboxylic acids is 1. The zero-order valence-electron chi connectivity index (χ0n) is 11.6. The monoisotopic (exact) mass is 300 g/mol. The SMILES string of the molecule is Cc1ccc2oc(C(=O)Nc3cccc(Cl)c3C)cc2n1. The number of pyridine rings is 1. The molecule has 0 spiro atoms. The molecule has 0 bridgehead atoms. The number of hydrogen-bond donors (Lipinski definition) is 1. The summed E-state index contributed by atoms with van der Waals surface area (Å²) < 4.78 is 5.52. The van der Waals surface area contributed by atoms with E-state index < -0.39 is 0 Å². The highest BCUT2D eigenvalue weighted by Crippen LogP contribution is 2.24. The minimum absolute atomic E-state index is 0.225. The van der Waals surface area contributed by atoms with Crippen molar-refractivity contribution in [1.29, 1.82) is 0 Å². The van der Waals surface area contributed by atoms with Gasteiger partial charge in [0.2, 0.25) is 0 Å². The van der Waals surface area contributed by atoms with E-state index in [9.17, 15) is 4.79 Å². The highest BCUT2D eigenvalue weighted by molar-refractivity contribution is 6.31. The highest BCUT2D eigenvalue weighted by Gasteiger charge is 2.14. The van der Waals surface area contributed by atoms with Gasteiger partial charge in [-0.25, -0.2) is 4.98 Å². The molecule has 3 aromatic rings. The molecule has 0 atom stereocenters. The molecule has 5 heteroatoms. The normalized spacial score (nSPS) is 10.8. The Labute approximate surface area is 126 Å². The first-order chi connectivity index (χ1) is 10.0. The molecule has 0 saturated heterocycles. The number of aryl methyl sites for hydroxylation is 1. The molecular weight excluding hydrogens is 288 g/mol. The number of furan rings is 1. The predicted octanol–water partition coefficient (Wildman–Crippen LogP) is 4.35. The summed E-state index contributed by atoms with van der Waals surface area (Å²) in [6, 6.07) is 10.6. The fourth-order valence-electron chi connectivity index (χ4n) is 2.06. The molecule has 1 amide bonds. The van der Waals surface area contributed by atoms with Crippen LogP contribution in [0.3, 0.4) is 0 Å². The van der Waals surface area contributed by atoms with Gasteiger partial charge in [-0.05, 0) is 43.7 Å². The van der Waals surface area contributed by atoms with Crippen molar-refractivity contribution in [3.8, 4) is 0 Å². The molecule has 21 heavy (non-hydrogen) atoms. The van der Waals surface area contributed by atoms with Crippen LogP contribution < -0.4 is 5.32 Å². The number of fused-ring (bicyclic) bond motifs is 1. The molecule has 0 unspecified atom stereocenters. The number of amides is 1. The molecule has 0 saturated carbocycles. The summed E-state index contributed by atoms with van der Waals surface area (Å²) >= 11 is 6.04. The van der Waals surface area contributed by atoms with Gasteiger partial charge in [0.25, 0.3) is 5.91 Å². The fourth-order valence-corrected chi connectivity index (χ4v) is 2.24. The Hall–Kier alpha value is -2.33. The van der Waals surface area contributed by atoms with Gasteiger partial charge in [0.1, 0.15) is 5.52 Å². The van der Waals surface area contributed by atoms with Crippen molar-refractivity contribution in [1.82, 2.24) is 4.98 Å². The van der Waals surface area contributed by atoms with Gasteiger partial charge in [-0.2, -0.15) is 0 Å². The van der Waals surface area contributed by atoms with Crippen LogP contribution in [0.2, 0.25) is 5.02 Å². The van der Waals surface area contributed by atoms with Crippen LogP contribution in [0.1, 0.15) is 21.8 Å². The standard InChI is InChI=1S/C16H13ClN2O2/c1-9-6-7-14-13(18-9)8-15(21-14)16(20)19-12-5-3-4-11(17)10(12)2/h3-8H,1-2H3,(H,19,20). The summed E-state index contributed by atoms with van der Waals surface area (Å²) in [6.07, 6.45) is 0. The lowest BCUT2D eigenvalue weighted by Gasteiger charge is -2.07. The maximum Gasteiger partial charge on any atom is 0.291 e. The van der Waals surface area contributed by atoms with Crippen LogP contribution in [0.25, 0.3) is 11.1 Å². The third-order valence-corrected chi connectivity index (χ3v) is 3.66. The molecule has 0 aliphatic carbocycles. The first kappa shape index (κ1) is 13.6. The van der Waals surface area contributed by atoms with Crippen molar-refractivity contribution in [3.05, 3.63) is 58.4 Å². The van der Waals surface area contributed by atoms with E-state index in [1.165, 1.54) is 0 Å². The number of carbonyl (C=O) groups is 1. The molecule has 3 rings (SSSR count). The van der Waals surface area contributed by atoms with Crippen molar-refractivity contribution < 1.29 is 9.21 Å². The Kier molecular flexibility index (Phi) is 3.39. The third-order valence-electron chi connectivity index (χ3n) is 3.25. The van der Waals surface area contributed by atoms with Crippen LogP contribution in [0.15, 0.2) is 40.8 Å². The van der Waals surface area contributed by atoms with Crippen LogP contribution in [0, 0.1) is 13.8 Å². The quantitative estimate of drug-likeness (QED) is 0.765. The third kappa shape index (κ3) is 2.62. The topological polar surface area (TPSA) is 55.1 Å². The molecule has 4 nitrogen and oxygen atoms in total.